The smallest absolute Gasteiger partial charge is 0.417 e. The number of nitriles is 1. The molecule has 1 N–H and O–H groups in total. The van der Waals surface area contributed by atoms with Crippen molar-refractivity contribution in [3.63, 3.8) is 0 Å². The predicted octanol–water partition coefficient (Wildman–Crippen LogP) is 4.38. The van der Waals surface area contributed by atoms with Crippen LogP contribution in [0.2, 0.25) is 0 Å². The van der Waals surface area contributed by atoms with E-state index in [1.54, 1.807) is 6.92 Å². The first kappa shape index (κ1) is 14.7. The first-order valence-electron chi connectivity index (χ1n) is 5.90. The second-order valence-corrected chi connectivity index (χ2v) is 4.32. The lowest BCUT2D eigenvalue weighted by atomic mass is 10.1. The van der Waals surface area contributed by atoms with E-state index in [4.69, 9.17) is 10.00 Å². The molecule has 0 aliphatic heterocycles. The number of alkyl halides is 3. The highest BCUT2D eigenvalue weighted by Gasteiger charge is 2.34. The highest BCUT2D eigenvalue weighted by atomic mass is 19.4. The van der Waals surface area contributed by atoms with E-state index in [9.17, 15) is 18.3 Å². The van der Waals surface area contributed by atoms with E-state index in [1.807, 2.05) is 0 Å². The highest BCUT2D eigenvalue weighted by molar-refractivity contribution is 5.48. The van der Waals surface area contributed by atoms with Gasteiger partial charge in [-0.2, -0.15) is 18.4 Å². The summed E-state index contributed by atoms with van der Waals surface area (Å²) in [7, 11) is 0. The molecule has 2 aromatic rings. The van der Waals surface area contributed by atoms with E-state index in [1.165, 1.54) is 30.3 Å². The zero-order valence-corrected chi connectivity index (χ0v) is 10.9. The van der Waals surface area contributed by atoms with E-state index < -0.39 is 17.3 Å². The standard InChI is InChI=1S/C15H10F3NO2/c1-9-13(20)3-2-4-14(9)21-11-6-5-10(8-19)12(7-11)15(16,17)18/h2-7,20H,1H3. The number of aromatic hydroxyl groups is 1. The number of ether oxygens (including phenoxy) is 1. The zero-order valence-electron chi connectivity index (χ0n) is 10.9. The van der Waals surface area contributed by atoms with Crippen LogP contribution in [0.5, 0.6) is 17.2 Å². The van der Waals surface area contributed by atoms with Crippen LogP contribution in [-0.2, 0) is 6.18 Å². The fraction of sp³-hybridized carbons (Fsp3) is 0.133. The van der Waals surface area contributed by atoms with Crippen LogP contribution in [0.3, 0.4) is 0 Å². The van der Waals surface area contributed by atoms with Crippen LogP contribution in [0.15, 0.2) is 36.4 Å². The Morgan fingerprint density at radius 3 is 2.52 bits per heavy atom. The fourth-order valence-electron chi connectivity index (χ4n) is 1.76. The number of hydrogen-bond donors (Lipinski definition) is 1. The molecule has 0 saturated heterocycles. The minimum absolute atomic E-state index is 0.0165. The van der Waals surface area contributed by atoms with Gasteiger partial charge in [-0.05, 0) is 37.3 Å². The minimum Gasteiger partial charge on any atom is -0.508 e. The molecule has 0 bridgehead atoms. The van der Waals surface area contributed by atoms with Crippen LogP contribution in [-0.4, -0.2) is 5.11 Å². The van der Waals surface area contributed by atoms with Gasteiger partial charge in [-0.3, -0.25) is 0 Å². The third-order valence-corrected chi connectivity index (χ3v) is 2.90. The van der Waals surface area contributed by atoms with Gasteiger partial charge in [0.25, 0.3) is 0 Å². The summed E-state index contributed by atoms with van der Waals surface area (Å²) in [6.07, 6.45) is -4.64. The van der Waals surface area contributed by atoms with Crippen molar-refractivity contribution in [3.05, 3.63) is 53.1 Å². The van der Waals surface area contributed by atoms with Crippen LogP contribution in [0.4, 0.5) is 13.2 Å². The van der Waals surface area contributed by atoms with Crippen LogP contribution in [0.25, 0.3) is 0 Å². The Morgan fingerprint density at radius 2 is 1.90 bits per heavy atom. The van der Waals surface area contributed by atoms with Crippen molar-refractivity contribution in [2.24, 2.45) is 0 Å². The Labute approximate surface area is 118 Å². The Hall–Kier alpha value is -2.68. The summed E-state index contributed by atoms with van der Waals surface area (Å²) >= 11 is 0. The lowest BCUT2D eigenvalue weighted by molar-refractivity contribution is -0.137. The van der Waals surface area contributed by atoms with Crippen molar-refractivity contribution >= 4 is 0 Å². The second kappa shape index (κ2) is 5.37. The number of nitrogens with zero attached hydrogens (tertiary/aromatic N) is 1. The molecule has 0 atom stereocenters. The number of benzene rings is 2. The SMILES string of the molecule is Cc1c(O)cccc1Oc1ccc(C#N)c(C(F)(F)F)c1. The Morgan fingerprint density at radius 1 is 1.19 bits per heavy atom. The highest BCUT2D eigenvalue weighted by Crippen LogP contribution is 2.36. The molecule has 108 valence electrons. The van der Waals surface area contributed by atoms with Gasteiger partial charge >= 0.3 is 6.18 Å². The maximum absolute atomic E-state index is 12.9. The Bertz CT molecular complexity index is 718. The number of rotatable bonds is 2. The van der Waals surface area contributed by atoms with Crippen molar-refractivity contribution in [3.8, 4) is 23.3 Å². The third-order valence-electron chi connectivity index (χ3n) is 2.90. The van der Waals surface area contributed by atoms with Gasteiger partial charge in [-0.25, -0.2) is 0 Å². The molecule has 6 heteroatoms. The topological polar surface area (TPSA) is 53.2 Å². The average molecular weight is 293 g/mol. The van der Waals surface area contributed by atoms with Crippen molar-refractivity contribution in [2.45, 2.75) is 13.1 Å². The van der Waals surface area contributed by atoms with Gasteiger partial charge < -0.3 is 9.84 Å². The molecule has 0 spiro atoms. The predicted molar refractivity (Wildman–Crippen MR) is 69.1 cm³/mol. The zero-order chi connectivity index (χ0) is 15.6. The van der Waals surface area contributed by atoms with Crippen molar-refractivity contribution < 1.29 is 23.0 Å². The molecule has 21 heavy (non-hydrogen) atoms. The molecular weight excluding hydrogens is 283 g/mol. The molecule has 0 aliphatic carbocycles. The summed E-state index contributed by atoms with van der Waals surface area (Å²) < 4.78 is 43.9. The maximum atomic E-state index is 12.9. The lowest BCUT2D eigenvalue weighted by Gasteiger charge is -2.13. The van der Waals surface area contributed by atoms with E-state index in [2.05, 4.69) is 0 Å². The number of phenolic OH excluding ortho intramolecular Hbond substituents is 1. The van der Waals surface area contributed by atoms with Crippen LogP contribution in [0.1, 0.15) is 16.7 Å². The molecule has 2 aromatic carbocycles. The average Bonchev–Trinajstić information content (AvgIpc) is 2.43. The van der Waals surface area contributed by atoms with Gasteiger partial charge in [0.1, 0.15) is 17.2 Å². The van der Waals surface area contributed by atoms with Gasteiger partial charge in [0, 0.05) is 5.56 Å². The van der Waals surface area contributed by atoms with Crippen LogP contribution in [0, 0.1) is 18.3 Å². The Balaban J connectivity index is 2.43. The summed E-state index contributed by atoms with van der Waals surface area (Å²) in [4.78, 5) is 0. The van der Waals surface area contributed by atoms with E-state index in [-0.39, 0.29) is 17.2 Å². The van der Waals surface area contributed by atoms with E-state index in [0.29, 0.717) is 5.56 Å². The summed E-state index contributed by atoms with van der Waals surface area (Å²) in [6.45, 7) is 1.58. The first-order chi connectivity index (χ1) is 9.82. The molecule has 0 heterocycles. The third kappa shape index (κ3) is 3.08. The normalized spacial score (nSPS) is 11.0. The molecule has 2 rings (SSSR count). The molecule has 0 fully saturated rings. The fourth-order valence-corrected chi connectivity index (χ4v) is 1.76. The first-order valence-corrected chi connectivity index (χ1v) is 5.90. The molecule has 0 radical (unpaired) electrons. The minimum atomic E-state index is -4.64. The molecular formula is C15H10F3NO2. The molecule has 0 unspecified atom stereocenters. The Kier molecular flexibility index (Phi) is 3.76. The molecule has 3 nitrogen and oxygen atoms in total. The molecule has 0 amide bonds. The van der Waals surface area contributed by atoms with E-state index >= 15 is 0 Å². The van der Waals surface area contributed by atoms with Gasteiger partial charge in [0.2, 0.25) is 0 Å². The van der Waals surface area contributed by atoms with Crippen molar-refractivity contribution in [2.75, 3.05) is 0 Å². The maximum Gasteiger partial charge on any atom is 0.417 e. The van der Waals surface area contributed by atoms with Gasteiger partial charge in [0.05, 0.1) is 17.2 Å². The molecule has 0 saturated carbocycles. The number of phenols is 1. The molecule has 0 aliphatic rings. The van der Waals surface area contributed by atoms with Crippen molar-refractivity contribution in [1.82, 2.24) is 0 Å². The van der Waals surface area contributed by atoms with Crippen molar-refractivity contribution in [1.29, 1.82) is 5.26 Å². The number of halogens is 3. The summed E-state index contributed by atoms with van der Waals surface area (Å²) in [5.41, 5.74) is -1.11. The summed E-state index contributed by atoms with van der Waals surface area (Å²) in [5, 5.41) is 18.3. The monoisotopic (exact) mass is 293 g/mol. The van der Waals surface area contributed by atoms with Crippen LogP contribution < -0.4 is 4.74 Å². The second-order valence-electron chi connectivity index (χ2n) is 4.32. The van der Waals surface area contributed by atoms with Gasteiger partial charge in [-0.15, -0.1) is 0 Å². The largest absolute Gasteiger partial charge is 0.508 e. The summed E-state index contributed by atoms with van der Waals surface area (Å²) in [5.74, 6) is 0.167. The van der Waals surface area contributed by atoms with Gasteiger partial charge in [-0.1, -0.05) is 6.07 Å². The quantitative estimate of drug-likeness (QED) is 0.893. The number of hydrogen-bond acceptors (Lipinski definition) is 3. The van der Waals surface area contributed by atoms with Gasteiger partial charge in [0.15, 0.2) is 0 Å². The van der Waals surface area contributed by atoms with E-state index in [0.717, 1.165) is 12.1 Å². The molecule has 0 aromatic heterocycles. The van der Waals surface area contributed by atoms with Crippen LogP contribution >= 0.6 is 0 Å². The summed E-state index contributed by atoms with van der Waals surface area (Å²) in [6, 6.07) is 9.09. The lowest BCUT2D eigenvalue weighted by Crippen LogP contribution is -2.08.